The quantitative estimate of drug-likeness (QED) is 0.235. The van der Waals surface area contributed by atoms with Gasteiger partial charge in [0.25, 0.3) is 0 Å². The van der Waals surface area contributed by atoms with Gasteiger partial charge in [0.15, 0.2) is 0 Å². The van der Waals surface area contributed by atoms with Crippen molar-refractivity contribution in [2.45, 2.75) is 57.1 Å². The second-order valence-electron chi connectivity index (χ2n) is 8.47. The summed E-state index contributed by atoms with van der Waals surface area (Å²) in [5.74, 6) is -6.40. The third-order valence-electron chi connectivity index (χ3n) is 3.12. The maximum atomic E-state index is 11.4. The third kappa shape index (κ3) is 24.0. The van der Waals surface area contributed by atoms with Crippen molar-refractivity contribution in [1.82, 2.24) is 9.44 Å². The first kappa shape index (κ1) is 45.6. The standard InChI is InChI=1S/C6H13N.C5H14N.2C3HF6NO3S/c1-5(2)4-6(3)7;1-5-6(2,3)4;2*4-2(5,6)1(11)10-14(12,13)3(7,8)9/h4,6H,7H2,1-3H3;5H2,1-4H3;2*(H,10,11)/q;+1;;. The Morgan fingerprint density at radius 2 is 0.951 bits per heavy atom. The van der Waals surface area contributed by atoms with Crippen molar-refractivity contribution in [2.75, 3.05) is 27.7 Å². The minimum Gasteiger partial charge on any atom is -0.331 e. The van der Waals surface area contributed by atoms with Crippen molar-refractivity contribution in [2.24, 2.45) is 5.73 Å². The molecule has 4 N–H and O–H groups in total. The average molecular weight is 678 g/mol. The molecular formula is C17H29F12N4O6S2+. The molecule has 0 rings (SSSR count). The van der Waals surface area contributed by atoms with Crippen LogP contribution in [0, 0.1) is 0 Å². The Labute approximate surface area is 227 Å². The predicted molar refractivity (Wildman–Crippen MR) is 120 cm³/mol. The minimum atomic E-state index is -6.30. The second kappa shape index (κ2) is 16.3. The topological polar surface area (TPSA) is 152 Å². The van der Waals surface area contributed by atoms with Gasteiger partial charge in [-0.1, -0.05) is 11.6 Å². The van der Waals surface area contributed by atoms with E-state index in [9.17, 15) is 79.1 Å². The maximum absolute atomic E-state index is 11.4. The van der Waals surface area contributed by atoms with E-state index in [2.05, 4.69) is 28.1 Å². The van der Waals surface area contributed by atoms with Gasteiger partial charge in [0.1, 0.15) is 0 Å². The molecule has 2 amide bonds. The van der Waals surface area contributed by atoms with E-state index in [1.165, 1.54) is 12.1 Å². The highest BCUT2D eigenvalue weighted by Gasteiger charge is 2.52. The van der Waals surface area contributed by atoms with Crippen molar-refractivity contribution < 1.29 is 83.6 Å². The molecular weight excluding hydrogens is 648 g/mol. The zero-order valence-electron chi connectivity index (χ0n) is 22.2. The normalized spacial score (nSPS) is 13.5. The molecule has 41 heavy (non-hydrogen) atoms. The Morgan fingerprint density at radius 3 is 1.02 bits per heavy atom. The number of carbonyl (C=O) groups is 2. The third-order valence-corrected chi connectivity index (χ3v) is 5.25. The molecule has 24 heteroatoms. The van der Waals surface area contributed by atoms with E-state index >= 15 is 0 Å². The monoisotopic (exact) mass is 677 g/mol. The number of hydrogen-bond acceptors (Lipinski definition) is 7. The zero-order chi connectivity index (χ0) is 34.6. The first-order valence-electron chi connectivity index (χ1n) is 10.1. The number of carbonyl (C=O) groups excluding carboxylic acids is 2. The van der Waals surface area contributed by atoms with Crippen molar-refractivity contribution >= 4 is 31.9 Å². The Bertz CT molecular complexity index is 999. The number of allylic oxidation sites excluding steroid dienone is 1. The largest absolute Gasteiger partial charge is 0.516 e. The van der Waals surface area contributed by atoms with E-state index in [4.69, 9.17) is 5.73 Å². The van der Waals surface area contributed by atoms with Gasteiger partial charge in [-0.3, -0.25) is 9.59 Å². The molecule has 0 heterocycles. The molecule has 0 spiro atoms. The van der Waals surface area contributed by atoms with Crippen LogP contribution in [0.15, 0.2) is 11.6 Å². The molecule has 1 unspecified atom stereocenters. The summed E-state index contributed by atoms with van der Waals surface area (Å²) in [6.07, 6.45) is -9.36. The lowest BCUT2D eigenvalue weighted by Gasteiger charge is -2.20. The second-order valence-corrected chi connectivity index (χ2v) is 11.8. The van der Waals surface area contributed by atoms with Crippen molar-refractivity contribution in [3.63, 3.8) is 0 Å². The van der Waals surface area contributed by atoms with Crippen LogP contribution in [0.4, 0.5) is 52.7 Å². The Morgan fingerprint density at radius 1 is 0.732 bits per heavy atom. The Hall–Kier alpha value is -2.34. The fourth-order valence-electron chi connectivity index (χ4n) is 1.00. The predicted octanol–water partition coefficient (Wildman–Crippen LogP) is 3.04. The minimum absolute atomic E-state index is 0.181. The van der Waals surface area contributed by atoms with Gasteiger partial charge >= 0.3 is 55.2 Å². The highest BCUT2D eigenvalue weighted by atomic mass is 32.2. The van der Waals surface area contributed by atoms with E-state index in [0.717, 1.165) is 4.48 Å². The van der Waals surface area contributed by atoms with E-state index in [0.29, 0.717) is 0 Å². The van der Waals surface area contributed by atoms with Gasteiger partial charge < -0.3 is 10.2 Å². The van der Waals surface area contributed by atoms with Crippen LogP contribution in [0.2, 0.25) is 0 Å². The van der Waals surface area contributed by atoms with Crippen LogP contribution in [-0.4, -0.2) is 90.2 Å². The highest BCUT2D eigenvalue weighted by Crippen LogP contribution is 2.24. The summed E-state index contributed by atoms with van der Waals surface area (Å²) in [4.78, 5) is 19.6. The molecule has 0 aromatic carbocycles. The molecule has 0 bridgehead atoms. The summed E-state index contributed by atoms with van der Waals surface area (Å²) in [7, 11) is -6.06. The fraction of sp³-hybridized carbons (Fsp3) is 0.765. The van der Waals surface area contributed by atoms with Crippen LogP contribution in [0.25, 0.3) is 0 Å². The van der Waals surface area contributed by atoms with E-state index < -0.39 is 55.2 Å². The zero-order valence-corrected chi connectivity index (χ0v) is 23.8. The average Bonchev–Trinajstić information content (AvgIpc) is 2.63. The van der Waals surface area contributed by atoms with Gasteiger partial charge in [0.2, 0.25) is 0 Å². The number of nitrogens with zero attached hydrogens (tertiary/aromatic N) is 1. The van der Waals surface area contributed by atoms with Crippen LogP contribution < -0.4 is 15.2 Å². The van der Waals surface area contributed by atoms with Crippen molar-refractivity contribution in [3.8, 4) is 0 Å². The van der Waals surface area contributed by atoms with Crippen LogP contribution in [0.5, 0.6) is 0 Å². The number of nitrogens with one attached hydrogen (secondary N) is 2. The number of halogens is 12. The summed E-state index contributed by atoms with van der Waals surface area (Å²) < 4.78 is 177. The molecule has 0 aromatic heterocycles. The van der Waals surface area contributed by atoms with Crippen LogP contribution >= 0.6 is 0 Å². The Balaban J connectivity index is -0.000000237. The molecule has 0 saturated heterocycles. The molecule has 0 aliphatic rings. The smallest absolute Gasteiger partial charge is 0.331 e. The van der Waals surface area contributed by atoms with Gasteiger partial charge in [0.05, 0.1) is 27.7 Å². The van der Waals surface area contributed by atoms with E-state index in [1.54, 1.807) is 0 Å². The lowest BCUT2D eigenvalue weighted by molar-refractivity contribution is -0.868. The lowest BCUT2D eigenvalue weighted by atomic mass is 10.2. The maximum Gasteiger partial charge on any atom is 0.516 e. The fourth-order valence-corrected chi connectivity index (χ4v) is 1.95. The van der Waals surface area contributed by atoms with Crippen LogP contribution in [-0.2, 0) is 29.6 Å². The highest BCUT2D eigenvalue weighted by molar-refractivity contribution is 7.91. The number of sulfonamides is 2. The summed E-state index contributed by atoms with van der Waals surface area (Å²) in [5, 5.41) is 0. The van der Waals surface area contributed by atoms with Crippen molar-refractivity contribution in [1.29, 1.82) is 0 Å². The van der Waals surface area contributed by atoms with Crippen molar-refractivity contribution in [3.05, 3.63) is 11.6 Å². The molecule has 0 saturated carbocycles. The first-order chi connectivity index (χ1) is 17.4. The molecule has 0 aromatic rings. The Kier molecular flexibility index (Phi) is 18.2. The first-order valence-corrected chi connectivity index (χ1v) is 13.0. The van der Waals surface area contributed by atoms with Gasteiger partial charge in [-0.15, -0.1) is 0 Å². The van der Waals surface area contributed by atoms with E-state index in [-0.39, 0.29) is 15.5 Å². The van der Waals surface area contributed by atoms with Gasteiger partial charge in [0, 0.05) is 6.04 Å². The molecule has 0 radical (unpaired) electrons. The molecule has 0 fully saturated rings. The summed E-state index contributed by atoms with van der Waals surface area (Å²) in [6.45, 7) is 9.44. The van der Waals surface area contributed by atoms with Gasteiger partial charge in [-0.25, -0.2) is 9.44 Å². The lowest BCUT2D eigenvalue weighted by Crippen LogP contribution is -2.46. The SMILES string of the molecule is CC(C)=CC(C)N.CC[N+](C)(C)C.O=C(NS(=O)(=O)C(F)(F)F)C(F)(F)F.O=C(NS(=O)(=O)C(F)(F)F)C(F)(F)F. The summed E-state index contributed by atoms with van der Waals surface area (Å²) in [5.41, 5.74) is -5.22. The number of rotatable bonds is 4. The number of quaternary nitrogens is 1. The molecule has 0 aliphatic carbocycles. The van der Waals surface area contributed by atoms with Gasteiger partial charge in [-0.2, -0.15) is 69.5 Å². The van der Waals surface area contributed by atoms with E-state index in [1.807, 2.05) is 26.8 Å². The molecule has 248 valence electrons. The summed E-state index contributed by atoms with van der Waals surface area (Å²) >= 11 is 0. The summed E-state index contributed by atoms with van der Waals surface area (Å²) in [6, 6.07) is 0.213. The molecule has 10 nitrogen and oxygen atoms in total. The van der Waals surface area contributed by atoms with Crippen LogP contribution in [0.1, 0.15) is 27.7 Å². The number of amides is 2. The number of alkyl halides is 12. The van der Waals surface area contributed by atoms with Gasteiger partial charge in [-0.05, 0) is 27.7 Å². The van der Waals surface area contributed by atoms with Crippen LogP contribution in [0.3, 0.4) is 0 Å². The molecule has 1 atom stereocenters. The number of hydrogen-bond donors (Lipinski definition) is 3. The number of nitrogens with two attached hydrogens (primary N) is 1. The molecule has 0 aliphatic heterocycles.